The number of furan rings is 1. The van der Waals surface area contributed by atoms with Crippen LogP contribution in [0.5, 0.6) is 0 Å². The van der Waals surface area contributed by atoms with Crippen LogP contribution in [-0.2, 0) is 6.54 Å². The van der Waals surface area contributed by atoms with Crippen LogP contribution < -0.4 is 10.9 Å². The van der Waals surface area contributed by atoms with Gasteiger partial charge in [0.25, 0.3) is 5.24 Å². The van der Waals surface area contributed by atoms with Crippen molar-refractivity contribution < 1.29 is 9.21 Å². The Morgan fingerprint density at radius 2 is 2.00 bits per heavy atom. The molecule has 7 heteroatoms. The van der Waals surface area contributed by atoms with Crippen molar-refractivity contribution in [3.63, 3.8) is 0 Å². The molecule has 0 spiro atoms. The van der Waals surface area contributed by atoms with Crippen LogP contribution in [0.15, 0.2) is 40.8 Å². The van der Waals surface area contributed by atoms with Crippen LogP contribution in [0.2, 0.25) is 5.02 Å². The normalized spacial score (nSPS) is 10.9. The number of nitrogens with zero attached hydrogens (tertiary/aromatic N) is 1. The van der Waals surface area contributed by atoms with Crippen LogP contribution in [0.4, 0.5) is 4.79 Å². The average Bonchev–Trinajstić information content (AvgIpc) is 2.92. The van der Waals surface area contributed by atoms with Gasteiger partial charge in [-0.15, -0.1) is 0 Å². The predicted molar refractivity (Wildman–Crippen MR) is 85.9 cm³/mol. The second kappa shape index (κ2) is 7.51. The van der Waals surface area contributed by atoms with Gasteiger partial charge in [-0.3, -0.25) is 10.2 Å². The largest absolute Gasteiger partial charge is 0.460 e. The molecular weight excluding hydrogens is 310 g/mol. The van der Waals surface area contributed by atoms with E-state index in [0.717, 1.165) is 17.1 Å². The summed E-state index contributed by atoms with van der Waals surface area (Å²) in [6.07, 6.45) is 0. The van der Waals surface area contributed by atoms with E-state index in [9.17, 15) is 4.79 Å². The minimum absolute atomic E-state index is 0.425. The highest BCUT2D eigenvalue weighted by molar-refractivity contribution is 7.96. The predicted octanol–water partition coefficient (Wildman–Crippen LogP) is 3.48. The van der Waals surface area contributed by atoms with Crippen LogP contribution >= 0.6 is 24.2 Å². The second-order valence-electron chi connectivity index (χ2n) is 4.27. The Labute approximate surface area is 133 Å². The Morgan fingerprint density at radius 3 is 2.62 bits per heavy atom. The number of thiol groups is 1. The monoisotopic (exact) mass is 325 g/mol. The standard InChI is InChI=1S/C14H16ClN3O2S/c1-2-18(17-14(19)21)16-9-12-7-8-13(20-12)10-3-5-11(15)6-4-10/h3-8,16H,2,9H2,1H3,(H2,17,19,21). The highest BCUT2D eigenvalue weighted by Gasteiger charge is 2.07. The van der Waals surface area contributed by atoms with Crippen molar-refractivity contribution >= 4 is 29.5 Å². The molecule has 0 bridgehead atoms. The molecule has 0 fully saturated rings. The van der Waals surface area contributed by atoms with Crippen molar-refractivity contribution in [3.05, 3.63) is 47.2 Å². The first-order chi connectivity index (χ1) is 10.1. The maximum Gasteiger partial charge on any atom is 0.291 e. The molecule has 0 radical (unpaired) electrons. The zero-order chi connectivity index (χ0) is 15.2. The molecule has 5 nitrogen and oxygen atoms in total. The molecule has 0 saturated carbocycles. The number of carbonyl (C=O) groups is 1. The quantitative estimate of drug-likeness (QED) is 0.562. The Hall–Kier alpha value is -1.47. The molecule has 1 amide bonds. The summed E-state index contributed by atoms with van der Waals surface area (Å²) < 4.78 is 5.75. The summed E-state index contributed by atoms with van der Waals surface area (Å²) >= 11 is 9.53. The highest BCUT2D eigenvalue weighted by Crippen LogP contribution is 2.23. The molecule has 0 saturated heterocycles. The first-order valence-electron chi connectivity index (χ1n) is 6.43. The second-order valence-corrected chi connectivity index (χ2v) is 5.11. The van der Waals surface area contributed by atoms with Gasteiger partial charge in [0.05, 0.1) is 6.54 Å². The van der Waals surface area contributed by atoms with Gasteiger partial charge in [0.1, 0.15) is 11.5 Å². The maximum absolute atomic E-state index is 10.9. The van der Waals surface area contributed by atoms with E-state index in [4.69, 9.17) is 16.0 Å². The molecule has 2 N–H and O–H groups in total. The third kappa shape index (κ3) is 4.78. The molecule has 112 valence electrons. The Balaban J connectivity index is 1.96. The lowest BCUT2D eigenvalue weighted by Crippen LogP contribution is -2.48. The van der Waals surface area contributed by atoms with Gasteiger partial charge in [-0.05, 0) is 43.3 Å². The zero-order valence-electron chi connectivity index (χ0n) is 11.5. The molecule has 0 aliphatic rings. The molecule has 1 aromatic heterocycles. The number of hydrogen-bond acceptors (Lipinski definition) is 4. The molecule has 21 heavy (non-hydrogen) atoms. The van der Waals surface area contributed by atoms with E-state index in [-0.39, 0.29) is 0 Å². The van der Waals surface area contributed by atoms with E-state index in [1.54, 1.807) is 5.12 Å². The first kappa shape index (κ1) is 15.9. The van der Waals surface area contributed by atoms with Crippen LogP contribution in [0, 0.1) is 0 Å². The average molecular weight is 326 g/mol. The van der Waals surface area contributed by atoms with Crippen molar-refractivity contribution in [2.24, 2.45) is 0 Å². The van der Waals surface area contributed by atoms with Crippen LogP contribution in [0.25, 0.3) is 11.3 Å². The van der Waals surface area contributed by atoms with Gasteiger partial charge in [0, 0.05) is 17.1 Å². The number of hydrogen-bond donors (Lipinski definition) is 3. The fourth-order valence-corrected chi connectivity index (χ4v) is 2.01. The smallest absolute Gasteiger partial charge is 0.291 e. The summed E-state index contributed by atoms with van der Waals surface area (Å²) in [5.41, 5.74) is 6.52. The van der Waals surface area contributed by atoms with Crippen molar-refractivity contribution in [1.82, 2.24) is 16.0 Å². The molecule has 0 atom stereocenters. The first-order valence-corrected chi connectivity index (χ1v) is 7.26. The number of nitrogens with one attached hydrogen (secondary N) is 2. The summed E-state index contributed by atoms with van der Waals surface area (Å²) in [5.74, 6) is 1.52. The lowest BCUT2D eigenvalue weighted by molar-refractivity contribution is 0.133. The van der Waals surface area contributed by atoms with E-state index >= 15 is 0 Å². The van der Waals surface area contributed by atoms with Gasteiger partial charge in [0.2, 0.25) is 0 Å². The third-order valence-corrected chi connectivity index (χ3v) is 3.13. The fraction of sp³-hybridized carbons (Fsp3) is 0.214. The molecule has 2 aromatic rings. The van der Waals surface area contributed by atoms with Crippen LogP contribution in [0.3, 0.4) is 0 Å². The minimum Gasteiger partial charge on any atom is -0.460 e. The molecule has 0 aliphatic carbocycles. The molecule has 0 unspecified atom stereocenters. The van der Waals surface area contributed by atoms with E-state index in [0.29, 0.717) is 18.1 Å². The lowest BCUT2D eigenvalue weighted by Gasteiger charge is -2.20. The summed E-state index contributed by atoms with van der Waals surface area (Å²) in [4.78, 5) is 10.9. The van der Waals surface area contributed by atoms with Gasteiger partial charge in [-0.25, -0.2) is 5.43 Å². The van der Waals surface area contributed by atoms with E-state index in [1.807, 2.05) is 43.3 Å². The molecule has 0 aliphatic heterocycles. The van der Waals surface area contributed by atoms with Crippen LogP contribution in [-0.4, -0.2) is 16.9 Å². The van der Waals surface area contributed by atoms with Crippen molar-refractivity contribution in [3.8, 4) is 11.3 Å². The fourth-order valence-electron chi connectivity index (χ4n) is 1.76. The number of amides is 1. The van der Waals surface area contributed by atoms with Crippen LogP contribution in [0.1, 0.15) is 12.7 Å². The lowest BCUT2D eigenvalue weighted by atomic mass is 10.2. The van der Waals surface area contributed by atoms with Crippen molar-refractivity contribution in [2.75, 3.05) is 6.54 Å². The zero-order valence-corrected chi connectivity index (χ0v) is 13.1. The van der Waals surface area contributed by atoms with Gasteiger partial charge < -0.3 is 4.42 Å². The summed E-state index contributed by atoms with van der Waals surface area (Å²) in [6, 6.07) is 11.2. The molecule has 1 aromatic carbocycles. The maximum atomic E-state index is 10.9. The molecule has 2 rings (SSSR count). The number of hydrazine groups is 2. The van der Waals surface area contributed by atoms with Crippen molar-refractivity contribution in [1.29, 1.82) is 0 Å². The van der Waals surface area contributed by atoms with Gasteiger partial charge in [-0.1, -0.05) is 24.2 Å². The summed E-state index contributed by atoms with van der Waals surface area (Å²) in [6.45, 7) is 2.95. The number of halogens is 1. The Bertz CT molecular complexity index is 601. The molecule has 1 heterocycles. The number of rotatable bonds is 6. The summed E-state index contributed by atoms with van der Waals surface area (Å²) in [7, 11) is 0. The number of carbonyl (C=O) groups excluding carboxylic acids is 1. The third-order valence-electron chi connectivity index (χ3n) is 2.78. The Morgan fingerprint density at radius 1 is 1.29 bits per heavy atom. The minimum atomic E-state index is -0.425. The van der Waals surface area contributed by atoms with Gasteiger partial charge in [-0.2, -0.15) is 5.12 Å². The summed E-state index contributed by atoms with van der Waals surface area (Å²) in [5, 5.41) is 1.80. The van der Waals surface area contributed by atoms with Crippen molar-refractivity contribution in [2.45, 2.75) is 13.5 Å². The topological polar surface area (TPSA) is 57.5 Å². The van der Waals surface area contributed by atoms with Gasteiger partial charge >= 0.3 is 0 Å². The molecular formula is C14H16ClN3O2S. The van der Waals surface area contributed by atoms with E-state index in [2.05, 4.69) is 23.5 Å². The highest BCUT2D eigenvalue weighted by atomic mass is 35.5. The van der Waals surface area contributed by atoms with E-state index < -0.39 is 5.24 Å². The van der Waals surface area contributed by atoms with E-state index in [1.165, 1.54) is 0 Å². The SMILES string of the molecule is CCN(NCc1ccc(-c2ccc(Cl)cc2)o1)NC(=O)S. The number of benzene rings is 1. The Kier molecular flexibility index (Phi) is 5.69. The van der Waals surface area contributed by atoms with Gasteiger partial charge in [0.15, 0.2) is 0 Å².